The molecule has 1 aliphatic carbocycles. The van der Waals surface area contributed by atoms with Gasteiger partial charge in [0.15, 0.2) is 11.5 Å². The second-order valence-corrected chi connectivity index (χ2v) is 8.92. The van der Waals surface area contributed by atoms with Gasteiger partial charge in [-0.25, -0.2) is 0 Å². The highest BCUT2D eigenvalue weighted by Crippen LogP contribution is 2.37. The molecule has 2 aliphatic rings. The van der Waals surface area contributed by atoms with E-state index in [1.54, 1.807) is 12.0 Å². The fourth-order valence-electron chi connectivity index (χ4n) is 4.74. The van der Waals surface area contributed by atoms with Crippen LogP contribution in [0.15, 0.2) is 36.4 Å². The molecule has 1 aliphatic heterocycles. The average Bonchev–Trinajstić information content (AvgIpc) is 3.41. The van der Waals surface area contributed by atoms with Crippen molar-refractivity contribution in [1.82, 2.24) is 4.90 Å². The molecule has 1 atom stereocenters. The van der Waals surface area contributed by atoms with Crippen LogP contribution in [0.3, 0.4) is 0 Å². The van der Waals surface area contributed by atoms with E-state index in [-0.39, 0.29) is 30.4 Å². The summed E-state index contributed by atoms with van der Waals surface area (Å²) in [6.07, 6.45) is 5.16. The van der Waals surface area contributed by atoms with Crippen LogP contribution >= 0.6 is 0 Å². The van der Waals surface area contributed by atoms with Gasteiger partial charge in [0, 0.05) is 24.6 Å². The predicted octanol–water partition coefficient (Wildman–Crippen LogP) is 4.59. The molecule has 4 rings (SSSR count). The Hall–Kier alpha value is -3.02. The molecule has 2 aromatic carbocycles. The number of methoxy groups -OCH3 is 1. The Morgan fingerprint density at radius 3 is 2.50 bits per heavy atom. The van der Waals surface area contributed by atoms with Crippen molar-refractivity contribution in [3.05, 3.63) is 53.1 Å². The average molecular weight is 437 g/mol. The Morgan fingerprint density at radius 1 is 1.09 bits per heavy atom. The molecule has 0 radical (unpaired) electrons. The Bertz CT molecular complexity index is 977. The molecule has 6 nitrogen and oxygen atoms in total. The highest BCUT2D eigenvalue weighted by atomic mass is 16.5. The Labute approximate surface area is 189 Å². The number of aryl methyl sites for hydroxylation is 2. The highest BCUT2D eigenvalue weighted by Gasteiger charge is 2.32. The molecule has 2 aromatic rings. The molecule has 1 saturated heterocycles. The first-order chi connectivity index (χ1) is 15.4. The van der Waals surface area contributed by atoms with Gasteiger partial charge < -0.3 is 19.7 Å². The van der Waals surface area contributed by atoms with Gasteiger partial charge in [-0.15, -0.1) is 0 Å². The molecule has 0 aromatic heterocycles. The molecule has 0 spiro atoms. The van der Waals surface area contributed by atoms with E-state index in [0.717, 1.165) is 46.7 Å². The summed E-state index contributed by atoms with van der Waals surface area (Å²) in [5, 5.41) is 2.98. The largest absolute Gasteiger partial charge is 0.493 e. The van der Waals surface area contributed by atoms with Crippen LogP contribution in [-0.4, -0.2) is 43.0 Å². The zero-order valence-corrected chi connectivity index (χ0v) is 19.1. The minimum Gasteiger partial charge on any atom is -0.493 e. The second kappa shape index (κ2) is 9.63. The molecule has 6 heteroatoms. The van der Waals surface area contributed by atoms with E-state index in [4.69, 9.17) is 9.47 Å². The molecule has 1 heterocycles. The van der Waals surface area contributed by atoms with E-state index in [1.165, 1.54) is 12.8 Å². The lowest BCUT2D eigenvalue weighted by molar-refractivity contribution is -0.131. The molecule has 32 heavy (non-hydrogen) atoms. The minimum absolute atomic E-state index is 0.000680. The van der Waals surface area contributed by atoms with Crippen molar-refractivity contribution in [1.29, 1.82) is 0 Å². The number of hydrogen-bond acceptors (Lipinski definition) is 4. The molecular weight excluding hydrogens is 404 g/mol. The van der Waals surface area contributed by atoms with E-state index in [0.29, 0.717) is 13.0 Å². The number of benzene rings is 2. The van der Waals surface area contributed by atoms with Gasteiger partial charge in [0.25, 0.3) is 0 Å². The number of nitrogens with one attached hydrogen (secondary N) is 1. The van der Waals surface area contributed by atoms with Crippen LogP contribution in [0.2, 0.25) is 0 Å². The summed E-state index contributed by atoms with van der Waals surface area (Å²) in [5.74, 6) is 1.33. The van der Waals surface area contributed by atoms with Gasteiger partial charge in [-0.05, 0) is 68.4 Å². The van der Waals surface area contributed by atoms with E-state index in [2.05, 4.69) is 5.32 Å². The standard InChI is InChI=1S/C26H32N2O4/c1-17-7-6-8-18(2)26(17)27-24(29)16-28-15-20(14-25(28)30)19-11-12-22(31-3)23(13-19)32-21-9-4-5-10-21/h6-8,11-13,20-21H,4-5,9-10,14-16H2,1-3H3,(H,27,29)/t20-/m0/s1. The summed E-state index contributed by atoms with van der Waals surface area (Å²) in [6.45, 7) is 4.52. The highest BCUT2D eigenvalue weighted by molar-refractivity contribution is 5.96. The summed E-state index contributed by atoms with van der Waals surface area (Å²) in [7, 11) is 1.64. The quantitative estimate of drug-likeness (QED) is 0.689. The number of hydrogen-bond donors (Lipinski definition) is 1. The van der Waals surface area contributed by atoms with Gasteiger partial charge in [0.1, 0.15) is 0 Å². The van der Waals surface area contributed by atoms with Crippen molar-refractivity contribution in [2.24, 2.45) is 0 Å². The van der Waals surface area contributed by atoms with E-state index >= 15 is 0 Å². The number of rotatable bonds is 7. The zero-order chi connectivity index (χ0) is 22.7. The van der Waals surface area contributed by atoms with Crippen molar-refractivity contribution in [2.75, 3.05) is 25.5 Å². The van der Waals surface area contributed by atoms with E-state index < -0.39 is 0 Å². The lowest BCUT2D eigenvalue weighted by Crippen LogP contribution is -2.34. The summed E-state index contributed by atoms with van der Waals surface area (Å²) in [6, 6.07) is 11.8. The van der Waals surface area contributed by atoms with Crippen molar-refractivity contribution in [3.8, 4) is 11.5 Å². The summed E-state index contributed by atoms with van der Waals surface area (Å²) in [5.41, 5.74) is 3.89. The fraction of sp³-hybridized carbons (Fsp3) is 0.462. The van der Waals surface area contributed by atoms with Gasteiger partial charge in [-0.1, -0.05) is 24.3 Å². The SMILES string of the molecule is COc1ccc([C@H]2CC(=O)N(CC(=O)Nc3c(C)cccc3C)C2)cc1OC1CCCC1. The number of ether oxygens (including phenoxy) is 2. The maximum atomic E-state index is 12.7. The van der Waals surface area contributed by atoms with Crippen LogP contribution in [0, 0.1) is 13.8 Å². The van der Waals surface area contributed by atoms with Crippen LogP contribution in [0.4, 0.5) is 5.69 Å². The number of likely N-dealkylation sites (tertiary alicyclic amines) is 1. The van der Waals surface area contributed by atoms with Gasteiger partial charge in [-0.2, -0.15) is 0 Å². The molecular formula is C26H32N2O4. The number of nitrogens with zero attached hydrogens (tertiary/aromatic N) is 1. The van der Waals surface area contributed by atoms with E-state index in [1.807, 2.05) is 50.2 Å². The molecule has 170 valence electrons. The number of amides is 2. The molecule has 1 N–H and O–H groups in total. The lowest BCUT2D eigenvalue weighted by Gasteiger charge is -2.19. The normalized spacial score (nSPS) is 18.8. The molecule has 0 unspecified atom stereocenters. The molecule has 2 fully saturated rings. The van der Waals surface area contributed by atoms with Crippen LogP contribution in [0.1, 0.15) is 54.7 Å². The van der Waals surface area contributed by atoms with Crippen molar-refractivity contribution >= 4 is 17.5 Å². The Morgan fingerprint density at radius 2 is 1.81 bits per heavy atom. The first-order valence-electron chi connectivity index (χ1n) is 11.4. The van der Waals surface area contributed by atoms with Crippen LogP contribution in [0.25, 0.3) is 0 Å². The monoisotopic (exact) mass is 436 g/mol. The lowest BCUT2D eigenvalue weighted by atomic mass is 9.98. The van der Waals surface area contributed by atoms with Gasteiger partial charge in [-0.3, -0.25) is 9.59 Å². The van der Waals surface area contributed by atoms with E-state index in [9.17, 15) is 9.59 Å². The molecule has 1 saturated carbocycles. The van der Waals surface area contributed by atoms with Crippen LogP contribution in [0.5, 0.6) is 11.5 Å². The van der Waals surface area contributed by atoms with Gasteiger partial charge in [0.2, 0.25) is 11.8 Å². The number of carbonyl (C=O) groups excluding carboxylic acids is 2. The number of carbonyl (C=O) groups is 2. The maximum absolute atomic E-state index is 12.7. The Balaban J connectivity index is 1.42. The Kier molecular flexibility index (Phi) is 6.68. The van der Waals surface area contributed by atoms with Crippen molar-refractivity contribution in [2.45, 2.75) is 58.0 Å². The predicted molar refractivity (Wildman–Crippen MR) is 124 cm³/mol. The summed E-state index contributed by atoms with van der Waals surface area (Å²) < 4.78 is 11.7. The summed E-state index contributed by atoms with van der Waals surface area (Å²) >= 11 is 0. The third kappa shape index (κ3) is 4.90. The first-order valence-corrected chi connectivity index (χ1v) is 11.4. The third-order valence-corrected chi connectivity index (χ3v) is 6.55. The minimum atomic E-state index is -0.170. The van der Waals surface area contributed by atoms with Gasteiger partial charge in [0.05, 0.1) is 19.8 Å². The topological polar surface area (TPSA) is 67.9 Å². The third-order valence-electron chi connectivity index (χ3n) is 6.55. The van der Waals surface area contributed by atoms with Crippen molar-refractivity contribution < 1.29 is 19.1 Å². The fourth-order valence-corrected chi connectivity index (χ4v) is 4.74. The second-order valence-electron chi connectivity index (χ2n) is 8.92. The van der Waals surface area contributed by atoms with Crippen LogP contribution in [-0.2, 0) is 9.59 Å². The smallest absolute Gasteiger partial charge is 0.244 e. The molecule has 2 amide bonds. The summed E-state index contributed by atoms with van der Waals surface area (Å²) in [4.78, 5) is 27.0. The van der Waals surface area contributed by atoms with Crippen LogP contribution < -0.4 is 14.8 Å². The zero-order valence-electron chi connectivity index (χ0n) is 19.1. The van der Waals surface area contributed by atoms with Gasteiger partial charge >= 0.3 is 0 Å². The molecule has 0 bridgehead atoms. The number of anilines is 1. The maximum Gasteiger partial charge on any atom is 0.244 e. The number of para-hydroxylation sites is 1. The van der Waals surface area contributed by atoms with Crippen molar-refractivity contribution in [3.63, 3.8) is 0 Å². The first kappa shape index (κ1) is 22.2.